The normalized spacial score (nSPS) is 14.0. The predicted octanol–water partition coefficient (Wildman–Crippen LogP) is 6.00. The van der Waals surface area contributed by atoms with Crippen molar-refractivity contribution in [1.29, 1.82) is 5.26 Å². The molecule has 0 radical (unpaired) electrons. The van der Waals surface area contributed by atoms with Crippen LogP contribution >= 0.6 is 0 Å². The topological polar surface area (TPSA) is 147 Å². The van der Waals surface area contributed by atoms with Crippen LogP contribution in [0.3, 0.4) is 0 Å². The molecule has 1 atom stereocenters. The van der Waals surface area contributed by atoms with E-state index in [9.17, 15) is 20.2 Å². The van der Waals surface area contributed by atoms with Gasteiger partial charge in [-0.15, -0.1) is 0 Å². The number of fused-ring (bicyclic) bond motifs is 1. The van der Waals surface area contributed by atoms with Crippen LogP contribution in [0, 0.1) is 21.4 Å². The number of benzene rings is 3. The average Bonchev–Trinajstić information content (AvgIpc) is 2.95. The van der Waals surface area contributed by atoms with E-state index >= 15 is 0 Å². The molecule has 40 heavy (non-hydrogen) atoms. The molecule has 0 spiro atoms. The Balaban J connectivity index is 1.64. The Kier molecular flexibility index (Phi) is 8.86. The Bertz CT molecular complexity index is 1490. The highest BCUT2D eigenvalue weighted by atomic mass is 16.6. The van der Waals surface area contributed by atoms with Gasteiger partial charge in [-0.2, -0.15) is 5.26 Å². The highest BCUT2D eigenvalue weighted by Gasteiger charge is 2.32. The van der Waals surface area contributed by atoms with Crippen LogP contribution < -0.4 is 24.7 Å². The number of nitriles is 1. The molecular formula is C30H29N3O7. The fourth-order valence-corrected chi connectivity index (χ4v) is 4.38. The molecule has 1 unspecified atom stereocenters. The number of unbranched alkanes of at least 4 members (excludes halogenated alkanes) is 2. The number of non-ortho nitro benzene ring substituents is 1. The van der Waals surface area contributed by atoms with Crippen LogP contribution in [0.5, 0.6) is 23.0 Å². The van der Waals surface area contributed by atoms with E-state index in [1.165, 1.54) is 24.3 Å². The van der Waals surface area contributed by atoms with Gasteiger partial charge in [-0.3, -0.25) is 10.1 Å². The van der Waals surface area contributed by atoms with Gasteiger partial charge in [0.25, 0.3) is 5.69 Å². The van der Waals surface area contributed by atoms with Crippen LogP contribution in [0.15, 0.2) is 72.1 Å². The number of nitro groups is 1. The first-order valence-corrected chi connectivity index (χ1v) is 12.9. The number of allylic oxidation sites excluding steroid dienone is 1. The molecule has 2 N–H and O–H groups in total. The molecule has 206 valence electrons. The van der Waals surface area contributed by atoms with Gasteiger partial charge in [0.1, 0.15) is 23.1 Å². The first kappa shape index (κ1) is 28.0. The number of esters is 1. The van der Waals surface area contributed by atoms with Crippen molar-refractivity contribution in [2.24, 2.45) is 5.73 Å². The molecule has 1 aliphatic heterocycles. The maximum absolute atomic E-state index is 12.7. The second kappa shape index (κ2) is 12.7. The maximum Gasteiger partial charge on any atom is 0.343 e. The fourth-order valence-electron chi connectivity index (χ4n) is 4.38. The smallest absolute Gasteiger partial charge is 0.343 e. The van der Waals surface area contributed by atoms with E-state index in [0.717, 1.165) is 30.9 Å². The van der Waals surface area contributed by atoms with E-state index in [0.29, 0.717) is 36.0 Å². The summed E-state index contributed by atoms with van der Waals surface area (Å²) in [5.74, 6) is 0.226. The second-order valence-corrected chi connectivity index (χ2v) is 9.02. The third-order valence-corrected chi connectivity index (χ3v) is 6.30. The van der Waals surface area contributed by atoms with Gasteiger partial charge >= 0.3 is 5.97 Å². The van der Waals surface area contributed by atoms with E-state index in [1.54, 1.807) is 12.1 Å². The molecule has 1 aliphatic rings. The summed E-state index contributed by atoms with van der Waals surface area (Å²) in [5.41, 5.74) is 7.56. The SMILES string of the molecule is CCCCCOc1ccc(C2C(C#N)=C(N)Oc3cc(OC(=O)c4cccc([N+](=O)[O-])c4)ccc32)cc1OCC. The summed E-state index contributed by atoms with van der Waals surface area (Å²) in [6.45, 7) is 5.01. The molecule has 10 heteroatoms. The summed E-state index contributed by atoms with van der Waals surface area (Å²) in [7, 11) is 0. The number of hydrogen-bond donors (Lipinski definition) is 1. The largest absolute Gasteiger partial charge is 0.490 e. The lowest BCUT2D eigenvalue weighted by Crippen LogP contribution is -2.21. The number of carbonyl (C=O) groups excluding carboxylic acids is 1. The van der Waals surface area contributed by atoms with Crippen LogP contribution in [-0.2, 0) is 0 Å². The summed E-state index contributed by atoms with van der Waals surface area (Å²) < 4.78 is 23.0. The predicted molar refractivity (Wildman–Crippen MR) is 146 cm³/mol. The first-order valence-electron chi connectivity index (χ1n) is 12.9. The molecule has 3 aromatic rings. The Morgan fingerprint density at radius 3 is 2.62 bits per heavy atom. The zero-order valence-electron chi connectivity index (χ0n) is 22.2. The molecule has 0 saturated carbocycles. The molecule has 0 aromatic heterocycles. The number of nitro benzene ring substituents is 1. The van der Waals surface area contributed by atoms with Crippen molar-refractivity contribution in [1.82, 2.24) is 0 Å². The van der Waals surface area contributed by atoms with Crippen LogP contribution in [0.2, 0.25) is 0 Å². The Morgan fingerprint density at radius 1 is 1.07 bits per heavy atom. The summed E-state index contributed by atoms with van der Waals surface area (Å²) in [5, 5.41) is 21.0. The number of hydrogen-bond acceptors (Lipinski definition) is 9. The van der Waals surface area contributed by atoms with E-state index < -0.39 is 16.8 Å². The molecule has 0 saturated heterocycles. The maximum atomic E-state index is 12.7. The molecule has 3 aromatic carbocycles. The lowest BCUT2D eigenvalue weighted by Gasteiger charge is -2.27. The second-order valence-electron chi connectivity index (χ2n) is 9.02. The lowest BCUT2D eigenvalue weighted by molar-refractivity contribution is -0.384. The van der Waals surface area contributed by atoms with Crippen LogP contribution in [0.1, 0.15) is 60.5 Å². The lowest BCUT2D eigenvalue weighted by atomic mass is 9.83. The highest BCUT2D eigenvalue weighted by Crippen LogP contribution is 2.45. The number of nitrogens with zero attached hydrogens (tertiary/aromatic N) is 2. The van der Waals surface area contributed by atoms with Crippen molar-refractivity contribution in [3.05, 3.63) is 98.9 Å². The van der Waals surface area contributed by atoms with E-state index in [-0.39, 0.29) is 28.5 Å². The van der Waals surface area contributed by atoms with E-state index in [2.05, 4.69) is 13.0 Å². The van der Waals surface area contributed by atoms with Crippen molar-refractivity contribution in [2.75, 3.05) is 13.2 Å². The van der Waals surface area contributed by atoms with Crippen molar-refractivity contribution < 1.29 is 28.7 Å². The standard InChI is InChI=1S/C30H29N3O7/c1-3-5-6-14-38-25-13-10-19(16-27(25)37-4-2)28-23-12-11-22(17-26(23)40-29(32)24(28)18-31)39-30(34)20-8-7-9-21(15-20)33(35)36/h7-13,15-17,28H,3-6,14,32H2,1-2H3. The number of carbonyl (C=O) groups is 1. The Labute approximate surface area is 231 Å². The van der Waals surface area contributed by atoms with Gasteiger partial charge in [-0.05, 0) is 43.2 Å². The minimum atomic E-state index is -0.770. The van der Waals surface area contributed by atoms with Crippen LogP contribution in [-0.4, -0.2) is 24.1 Å². The third kappa shape index (κ3) is 6.15. The molecular weight excluding hydrogens is 514 g/mol. The molecule has 0 amide bonds. The molecule has 0 aliphatic carbocycles. The number of ether oxygens (including phenoxy) is 4. The number of nitrogens with two attached hydrogens (primary N) is 1. The molecule has 4 rings (SSSR count). The van der Waals surface area contributed by atoms with Crippen LogP contribution in [0.25, 0.3) is 0 Å². The fraction of sp³-hybridized carbons (Fsp3) is 0.267. The van der Waals surface area contributed by atoms with E-state index in [4.69, 9.17) is 24.7 Å². The highest BCUT2D eigenvalue weighted by molar-refractivity contribution is 5.91. The zero-order chi connectivity index (χ0) is 28.6. The van der Waals surface area contributed by atoms with Gasteiger partial charge in [-0.1, -0.05) is 38.0 Å². The third-order valence-electron chi connectivity index (χ3n) is 6.30. The summed E-state index contributed by atoms with van der Waals surface area (Å²) in [4.78, 5) is 23.1. The minimum Gasteiger partial charge on any atom is -0.490 e. The molecule has 10 nitrogen and oxygen atoms in total. The van der Waals surface area contributed by atoms with Gasteiger partial charge in [0.05, 0.1) is 29.6 Å². The quantitative estimate of drug-likeness (QED) is 0.101. The van der Waals surface area contributed by atoms with Gasteiger partial charge < -0.3 is 24.7 Å². The van der Waals surface area contributed by atoms with Gasteiger partial charge in [0, 0.05) is 23.8 Å². The van der Waals surface area contributed by atoms with Crippen molar-refractivity contribution >= 4 is 11.7 Å². The molecule has 0 bridgehead atoms. The Hall–Kier alpha value is -5.04. The average molecular weight is 544 g/mol. The van der Waals surface area contributed by atoms with Crippen molar-refractivity contribution in [3.63, 3.8) is 0 Å². The molecule has 0 fully saturated rings. The summed E-state index contributed by atoms with van der Waals surface area (Å²) in [6.07, 6.45) is 3.09. The van der Waals surface area contributed by atoms with Gasteiger partial charge in [-0.25, -0.2) is 4.79 Å². The summed E-state index contributed by atoms with van der Waals surface area (Å²) in [6, 6.07) is 17.7. The van der Waals surface area contributed by atoms with Crippen molar-refractivity contribution in [3.8, 4) is 29.1 Å². The number of rotatable bonds is 11. The first-order chi connectivity index (χ1) is 19.4. The summed E-state index contributed by atoms with van der Waals surface area (Å²) >= 11 is 0. The zero-order valence-corrected chi connectivity index (χ0v) is 22.2. The van der Waals surface area contributed by atoms with Crippen LogP contribution in [0.4, 0.5) is 5.69 Å². The molecule has 1 heterocycles. The van der Waals surface area contributed by atoms with Gasteiger partial charge in [0.2, 0.25) is 5.88 Å². The van der Waals surface area contributed by atoms with Crippen molar-refractivity contribution in [2.45, 2.75) is 39.0 Å². The minimum absolute atomic E-state index is 0.0253. The van der Waals surface area contributed by atoms with E-state index in [1.807, 2.05) is 25.1 Å². The Morgan fingerprint density at radius 2 is 1.90 bits per heavy atom. The monoisotopic (exact) mass is 543 g/mol. The van der Waals surface area contributed by atoms with Gasteiger partial charge in [0.15, 0.2) is 11.5 Å².